The molecular formula is C14H27NO. The van der Waals surface area contributed by atoms with E-state index in [9.17, 15) is 0 Å². The first-order valence-corrected chi connectivity index (χ1v) is 6.71. The zero-order chi connectivity index (χ0) is 11.8. The van der Waals surface area contributed by atoms with Crippen LogP contribution in [0.2, 0.25) is 0 Å². The van der Waals surface area contributed by atoms with E-state index in [1.807, 2.05) is 0 Å². The molecule has 0 radical (unpaired) electrons. The van der Waals surface area contributed by atoms with Crippen molar-refractivity contribution >= 4 is 0 Å². The van der Waals surface area contributed by atoms with Gasteiger partial charge in [0.2, 0.25) is 0 Å². The van der Waals surface area contributed by atoms with Crippen molar-refractivity contribution in [2.24, 2.45) is 0 Å². The van der Waals surface area contributed by atoms with Gasteiger partial charge in [-0.3, -0.25) is 0 Å². The average Bonchev–Trinajstić information content (AvgIpc) is 2.74. The van der Waals surface area contributed by atoms with Gasteiger partial charge in [-0.1, -0.05) is 12.5 Å². The summed E-state index contributed by atoms with van der Waals surface area (Å²) in [6.45, 7) is 10.4. The van der Waals surface area contributed by atoms with Crippen LogP contribution in [-0.4, -0.2) is 25.3 Å². The molecule has 0 aromatic rings. The molecule has 0 saturated carbocycles. The monoisotopic (exact) mass is 225 g/mol. The Labute approximate surface area is 100 Å². The first-order chi connectivity index (χ1) is 7.72. The van der Waals surface area contributed by atoms with E-state index >= 15 is 0 Å². The minimum absolute atomic E-state index is 0.524. The van der Waals surface area contributed by atoms with Crippen molar-refractivity contribution in [3.63, 3.8) is 0 Å². The SMILES string of the molecule is C=C(C)CC(CCC1CCCO1)NCCC. The van der Waals surface area contributed by atoms with Crippen LogP contribution in [0, 0.1) is 0 Å². The van der Waals surface area contributed by atoms with Crippen LogP contribution >= 0.6 is 0 Å². The van der Waals surface area contributed by atoms with Gasteiger partial charge in [0.05, 0.1) is 6.10 Å². The van der Waals surface area contributed by atoms with Crippen LogP contribution in [0.15, 0.2) is 12.2 Å². The van der Waals surface area contributed by atoms with Crippen molar-refractivity contribution in [2.75, 3.05) is 13.2 Å². The van der Waals surface area contributed by atoms with Crippen LogP contribution in [-0.2, 0) is 4.74 Å². The Balaban J connectivity index is 2.21. The van der Waals surface area contributed by atoms with E-state index in [4.69, 9.17) is 4.74 Å². The number of ether oxygens (including phenoxy) is 1. The third-order valence-electron chi connectivity index (χ3n) is 3.14. The predicted molar refractivity (Wildman–Crippen MR) is 69.7 cm³/mol. The van der Waals surface area contributed by atoms with Crippen molar-refractivity contribution in [3.8, 4) is 0 Å². The molecule has 0 aliphatic carbocycles. The summed E-state index contributed by atoms with van der Waals surface area (Å²) in [6.07, 6.45) is 7.76. The number of nitrogens with one attached hydrogen (secondary N) is 1. The molecule has 1 fully saturated rings. The molecule has 2 unspecified atom stereocenters. The number of rotatable bonds is 8. The third-order valence-corrected chi connectivity index (χ3v) is 3.14. The molecule has 2 atom stereocenters. The topological polar surface area (TPSA) is 21.3 Å². The maximum Gasteiger partial charge on any atom is 0.0576 e. The fraction of sp³-hybridized carbons (Fsp3) is 0.857. The number of hydrogen-bond acceptors (Lipinski definition) is 2. The van der Waals surface area contributed by atoms with Gasteiger partial charge >= 0.3 is 0 Å². The maximum absolute atomic E-state index is 5.66. The lowest BCUT2D eigenvalue weighted by Crippen LogP contribution is -2.31. The summed E-state index contributed by atoms with van der Waals surface area (Å²) in [5, 5.41) is 3.61. The molecule has 1 N–H and O–H groups in total. The largest absolute Gasteiger partial charge is 0.378 e. The molecule has 0 aromatic heterocycles. The highest BCUT2D eigenvalue weighted by Crippen LogP contribution is 2.19. The Bertz CT molecular complexity index is 197. The van der Waals surface area contributed by atoms with E-state index in [0.29, 0.717) is 12.1 Å². The third kappa shape index (κ3) is 5.66. The summed E-state index contributed by atoms with van der Waals surface area (Å²) in [7, 11) is 0. The zero-order valence-corrected chi connectivity index (χ0v) is 10.9. The standard InChI is InChI=1S/C14H27NO/c1-4-9-15-13(11-12(2)3)7-8-14-6-5-10-16-14/h13-15H,2,4-11H2,1,3H3. The Morgan fingerprint density at radius 3 is 2.94 bits per heavy atom. The lowest BCUT2D eigenvalue weighted by atomic mass is 10.0. The summed E-state index contributed by atoms with van der Waals surface area (Å²) in [6, 6.07) is 0.599. The molecule has 94 valence electrons. The van der Waals surface area contributed by atoms with Gasteiger partial charge in [0.1, 0.15) is 0 Å². The van der Waals surface area contributed by atoms with E-state index < -0.39 is 0 Å². The van der Waals surface area contributed by atoms with Crippen LogP contribution in [0.3, 0.4) is 0 Å². The van der Waals surface area contributed by atoms with Crippen molar-refractivity contribution in [2.45, 2.75) is 64.5 Å². The van der Waals surface area contributed by atoms with Crippen LogP contribution in [0.1, 0.15) is 52.4 Å². The first kappa shape index (κ1) is 13.7. The zero-order valence-electron chi connectivity index (χ0n) is 10.9. The summed E-state index contributed by atoms with van der Waals surface area (Å²) in [5.41, 5.74) is 1.28. The smallest absolute Gasteiger partial charge is 0.0576 e. The molecule has 2 nitrogen and oxygen atoms in total. The molecule has 1 heterocycles. The first-order valence-electron chi connectivity index (χ1n) is 6.71. The maximum atomic E-state index is 5.66. The number of hydrogen-bond donors (Lipinski definition) is 1. The van der Waals surface area contributed by atoms with Gasteiger partial charge in [-0.2, -0.15) is 0 Å². The normalized spacial score (nSPS) is 22.2. The lowest BCUT2D eigenvalue weighted by Gasteiger charge is -2.20. The van der Waals surface area contributed by atoms with Crippen LogP contribution in [0.4, 0.5) is 0 Å². The van der Waals surface area contributed by atoms with Gasteiger partial charge in [0.25, 0.3) is 0 Å². The second kappa shape index (κ2) is 7.86. The summed E-state index contributed by atoms with van der Waals surface area (Å²) in [5.74, 6) is 0. The molecule has 0 aromatic carbocycles. The van der Waals surface area contributed by atoms with Gasteiger partial charge in [-0.15, -0.1) is 6.58 Å². The minimum Gasteiger partial charge on any atom is -0.378 e. The van der Waals surface area contributed by atoms with Crippen molar-refractivity contribution in [1.29, 1.82) is 0 Å². The highest BCUT2D eigenvalue weighted by atomic mass is 16.5. The molecule has 0 amide bonds. The van der Waals surface area contributed by atoms with E-state index in [1.165, 1.54) is 37.7 Å². The second-order valence-electron chi connectivity index (χ2n) is 5.02. The summed E-state index contributed by atoms with van der Waals surface area (Å²) >= 11 is 0. The Morgan fingerprint density at radius 1 is 1.56 bits per heavy atom. The molecular weight excluding hydrogens is 198 g/mol. The van der Waals surface area contributed by atoms with Gasteiger partial charge in [-0.05, 0) is 52.0 Å². The molecule has 16 heavy (non-hydrogen) atoms. The lowest BCUT2D eigenvalue weighted by molar-refractivity contribution is 0.0995. The highest BCUT2D eigenvalue weighted by Gasteiger charge is 2.17. The highest BCUT2D eigenvalue weighted by molar-refractivity contribution is 4.93. The van der Waals surface area contributed by atoms with Gasteiger partial charge in [0.15, 0.2) is 0 Å². The van der Waals surface area contributed by atoms with E-state index in [-0.39, 0.29) is 0 Å². The predicted octanol–water partition coefficient (Wildman–Crippen LogP) is 3.28. The van der Waals surface area contributed by atoms with Gasteiger partial charge in [0, 0.05) is 12.6 Å². The Morgan fingerprint density at radius 2 is 2.38 bits per heavy atom. The van der Waals surface area contributed by atoms with Crippen LogP contribution < -0.4 is 5.32 Å². The summed E-state index contributed by atoms with van der Waals surface area (Å²) < 4.78 is 5.66. The van der Waals surface area contributed by atoms with E-state index in [0.717, 1.165) is 19.6 Å². The summed E-state index contributed by atoms with van der Waals surface area (Å²) in [4.78, 5) is 0. The molecule has 1 rings (SSSR count). The quantitative estimate of drug-likeness (QED) is 0.640. The average molecular weight is 225 g/mol. The molecule has 1 aliphatic rings. The van der Waals surface area contributed by atoms with Gasteiger partial charge < -0.3 is 10.1 Å². The van der Waals surface area contributed by atoms with E-state index in [1.54, 1.807) is 0 Å². The van der Waals surface area contributed by atoms with Crippen molar-refractivity contribution in [3.05, 3.63) is 12.2 Å². The fourth-order valence-corrected chi connectivity index (χ4v) is 2.30. The Kier molecular flexibility index (Phi) is 6.74. The fourth-order valence-electron chi connectivity index (χ4n) is 2.30. The van der Waals surface area contributed by atoms with Crippen LogP contribution in [0.5, 0.6) is 0 Å². The van der Waals surface area contributed by atoms with Crippen molar-refractivity contribution in [1.82, 2.24) is 5.32 Å². The molecule has 1 saturated heterocycles. The Hall–Kier alpha value is -0.340. The second-order valence-corrected chi connectivity index (χ2v) is 5.02. The molecule has 1 aliphatic heterocycles. The molecule has 0 spiro atoms. The van der Waals surface area contributed by atoms with Gasteiger partial charge in [-0.25, -0.2) is 0 Å². The van der Waals surface area contributed by atoms with Crippen LogP contribution in [0.25, 0.3) is 0 Å². The van der Waals surface area contributed by atoms with Crippen molar-refractivity contribution < 1.29 is 4.74 Å². The minimum atomic E-state index is 0.524. The van der Waals surface area contributed by atoms with E-state index in [2.05, 4.69) is 25.7 Å². The molecule has 0 bridgehead atoms. The molecule has 2 heteroatoms.